The summed E-state index contributed by atoms with van der Waals surface area (Å²) >= 11 is 0. The Labute approximate surface area is 194 Å². The number of benzene rings is 1. The molecule has 176 valence electrons. The summed E-state index contributed by atoms with van der Waals surface area (Å²) in [7, 11) is 0. The molecule has 7 atom stereocenters. The van der Waals surface area contributed by atoms with Crippen molar-refractivity contribution in [2.24, 2.45) is 16.5 Å². The van der Waals surface area contributed by atoms with Crippen LogP contribution in [0.4, 0.5) is 0 Å². The van der Waals surface area contributed by atoms with E-state index < -0.39 is 28.8 Å². The summed E-state index contributed by atoms with van der Waals surface area (Å²) in [4.78, 5) is 15.5. The van der Waals surface area contributed by atoms with Crippen molar-refractivity contribution >= 4 is 10.9 Å². The van der Waals surface area contributed by atoms with Crippen molar-refractivity contribution in [1.29, 1.82) is 0 Å². The third-order valence-electron chi connectivity index (χ3n) is 10.0. The summed E-state index contributed by atoms with van der Waals surface area (Å²) in [6.07, 6.45) is 4.96. The van der Waals surface area contributed by atoms with E-state index in [2.05, 4.69) is 48.3 Å². The molecule has 0 saturated heterocycles. The molecule has 6 heteroatoms. The predicted octanol–water partition coefficient (Wildman–Crippen LogP) is 4.52. The first-order chi connectivity index (χ1) is 15.5. The molecule has 3 N–H and O–H groups in total. The molecule has 3 aliphatic carbocycles. The number of aromatic amines is 1. The lowest BCUT2D eigenvalue weighted by Gasteiger charge is -2.65. The molecule has 1 aromatic carbocycles. The van der Waals surface area contributed by atoms with Crippen LogP contribution in [-0.2, 0) is 16.6 Å². The lowest BCUT2D eigenvalue weighted by atomic mass is 9.42. The number of ether oxygens (including phenoxy) is 1. The molecule has 2 saturated carbocycles. The van der Waals surface area contributed by atoms with Gasteiger partial charge in [0.25, 0.3) is 0 Å². The molecule has 2 aromatic rings. The summed E-state index contributed by atoms with van der Waals surface area (Å²) in [5, 5.41) is 27.7. The van der Waals surface area contributed by atoms with Crippen LogP contribution in [0.15, 0.2) is 41.1 Å². The van der Waals surface area contributed by atoms with Crippen LogP contribution in [-0.4, -0.2) is 44.6 Å². The van der Waals surface area contributed by atoms with Crippen LogP contribution >= 0.6 is 0 Å². The van der Waals surface area contributed by atoms with Crippen molar-refractivity contribution in [2.45, 2.75) is 94.7 Å². The fourth-order valence-corrected chi connectivity index (χ4v) is 8.07. The number of nitrogens with one attached hydrogen (secondary N) is 1. The zero-order valence-electron chi connectivity index (χ0n) is 19.9. The Hall–Kier alpha value is -2.02. The highest BCUT2D eigenvalue weighted by Crippen LogP contribution is 2.69. The standard InChI is InChI=1S/C27H34N2O4/c1-24(2,30)23-20(29-32)14-18-21(33-23)10-11-25(3)26(4)15(9-12-27(18,25)31)13-17-16-7-5-6-8-19(16)28-22(17)26/h5-8,14-15,20-21,23,28,30-31H,9-13H2,1-4H3/t15-,20?,21-,23-,25+,26+,27+/m0/s1. The number of hydrogen-bond donors (Lipinski definition) is 3. The van der Waals surface area contributed by atoms with Crippen LogP contribution in [0.5, 0.6) is 0 Å². The van der Waals surface area contributed by atoms with Gasteiger partial charge in [-0.2, -0.15) is 4.91 Å². The highest BCUT2D eigenvalue weighted by molar-refractivity contribution is 5.86. The summed E-state index contributed by atoms with van der Waals surface area (Å²) in [6.45, 7) is 7.88. The normalized spacial score (nSPS) is 42.2. The Bertz CT molecular complexity index is 1180. The van der Waals surface area contributed by atoms with E-state index in [1.165, 1.54) is 16.6 Å². The number of rotatable bonds is 2. The van der Waals surface area contributed by atoms with Crippen LogP contribution in [0.3, 0.4) is 0 Å². The topological polar surface area (TPSA) is 94.9 Å². The van der Waals surface area contributed by atoms with E-state index in [9.17, 15) is 15.1 Å². The van der Waals surface area contributed by atoms with Crippen molar-refractivity contribution in [3.8, 4) is 0 Å². The average Bonchev–Trinajstić information content (AvgIpc) is 3.29. The third-order valence-corrected chi connectivity index (χ3v) is 10.0. The maximum absolute atomic E-state index is 12.5. The van der Waals surface area contributed by atoms with Crippen molar-refractivity contribution in [1.82, 2.24) is 4.98 Å². The Morgan fingerprint density at radius 3 is 2.67 bits per heavy atom. The molecular weight excluding hydrogens is 416 g/mol. The molecular formula is C27H34N2O4. The number of aliphatic hydroxyl groups is 2. The minimum atomic E-state index is -1.20. The monoisotopic (exact) mass is 450 g/mol. The molecule has 1 unspecified atom stereocenters. The van der Waals surface area contributed by atoms with E-state index in [1.54, 1.807) is 13.8 Å². The number of nitrogens with zero attached hydrogens (tertiary/aromatic N) is 1. The van der Waals surface area contributed by atoms with Gasteiger partial charge in [-0.1, -0.05) is 37.2 Å². The average molecular weight is 451 g/mol. The summed E-state index contributed by atoms with van der Waals surface area (Å²) < 4.78 is 6.30. The quantitative estimate of drug-likeness (QED) is 0.463. The van der Waals surface area contributed by atoms with Crippen LogP contribution in [0, 0.1) is 16.2 Å². The molecule has 0 bridgehead atoms. The largest absolute Gasteiger partial charge is 0.388 e. The lowest BCUT2D eigenvalue weighted by molar-refractivity contribution is -0.197. The van der Waals surface area contributed by atoms with E-state index in [0.29, 0.717) is 12.3 Å². The van der Waals surface area contributed by atoms with Gasteiger partial charge in [-0.3, -0.25) is 0 Å². The highest BCUT2D eigenvalue weighted by Gasteiger charge is 2.70. The first kappa shape index (κ1) is 21.5. The van der Waals surface area contributed by atoms with Gasteiger partial charge in [-0.25, -0.2) is 0 Å². The van der Waals surface area contributed by atoms with Crippen LogP contribution in [0.1, 0.15) is 64.6 Å². The van der Waals surface area contributed by atoms with E-state index in [0.717, 1.165) is 36.8 Å². The molecule has 2 fully saturated rings. The molecule has 0 radical (unpaired) electrons. The molecule has 0 spiro atoms. The highest BCUT2D eigenvalue weighted by atomic mass is 16.5. The Morgan fingerprint density at radius 1 is 1.18 bits per heavy atom. The molecule has 2 heterocycles. The molecule has 4 aliphatic rings. The Kier molecular flexibility index (Phi) is 4.27. The van der Waals surface area contributed by atoms with E-state index >= 15 is 0 Å². The predicted molar refractivity (Wildman–Crippen MR) is 127 cm³/mol. The molecule has 0 amide bonds. The first-order valence-corrected chi connectivity index (χ1v) is 12.3. The molecule has 6 nitrogen and oxygen atoms in total. The lowest BCUT2D eigenvalue weighted by Crippen LogP contribution is -2.68. The van der Waals surface area contributed by atoms with Gasteiger partial charge in [0.1, 0.15) is 12.1 Å². The molecule has 1 aliphatic heterocycles. The zero-order chi connectivity index (χ0) is 23.4. The van der Waals surface area contributed by atoms with Gasteiger partial charge in [-0.05, 0) is 75.1 Å². The SMILES string of the molecule is CC(C)(O)[C@H]1O[C@H]2CC[C@@]3(C)[C@@](O)(CC[C@H]4Cc5c([nH]c6ccccc56)[C@@]43C)C2=CC1N=O. The van der Waals surface area contributed by atoms with Crippen molar-refractivity contribution in [2.75, 3.05) is 0 Å². The minimum absolute atomic E-state index is 0.225. The van der Waals surface area contributed by atoms with Gasteiger partial charge in [0.2, 0.25) is 0 Å². The number of aromatic nitrogens is 1. The van der Waals surface area contributed by atoms with Gasteiger partial charge < -0.3 is 19.9 Å². The second kappa shape index (κ2) is 6.55. The number of para-hydroxylation sites is 1. The first-order valence-electron chi connectivity index (χ1n) is 12.3. The van der Waals surface area contributed by atoms with Crippen LogP contribution in [0.25, 0.3) is 10.9 Å². The number of hydrogen-bond acceptors (Lipinski definition) is 5. The van der Waals surface area contributed by atoms with E-state index in [4.69, 9.17) is 4.74 Å². The van der Waals surface area contributed by atoms with E-state index in [-0.39, 0.29) is 11.5 Å². The summed E-state index contributed by atoms with van der Waals surface area (Å²) in [5.74, 6) is 0.458. The summed E-state index contributed by atoms with van der Waals surface area (Å²) in [6, 6.07) is 7.67. The molecule has 33 heavy (non-hydrogen) atoms. The van der Waals surface area contributed by atoms with Crippen molar-refractivity contribution in [3.05, 3.63) is 52.1 Å². The fourth-order valence-electron chi connectivity index (χ4n) is 8.07. The van der Waals surface area contributed by atoms with Crippen LogP contribution < -0.4 is 0 Å². The summed E-state index contributed by atoms with van der Waals surface area (Å²) in [5.41, 5.74) is 1.69. The smallest absolute Gasteiger partial charge is 0.139 e. The maximum Gasteiger partial charge on any atom is 0.139 e. The van der Waals surface area contributed by atoms with Crippen molar-refractivity contribution < 1.29 is 14.9 Å². The van der Waals surface area contributed by atoms with E-state index in [1.807, 2.05) is 6.08 Å². The number of fused-ring (bicyclic) bond motifs is 9. The molecule has 1 aromatic heterocycles. The van der Waals surface area contributed by atoms with Gasteiger partial charge in [0, 0.05) is 27.4 Å². The maximum atomic E-state index is 12.5. The third kappa shape index (κ3) is 2.50. The van der Waals surface area contributed by atoms with Gasteiger partial charge in [0.05, 0.1) is 17.3 Å². The fraction of sp³-hybridized carbons (Fsp3) is 0.630. The molecule has 6 rings (SSSR count). The number of H-pyrrole nitrogens is 1. The second-order valence-corrected chi connectivity index (χ2v) is 11.8. The van der Waals surface area contributed by atoms with Gasteiger partial charge >= 0.3 is 0 Å². The minimum Gasteiger partial charge on any atom is -0.388 e. The Morgan fingerprint density at radius 2 is 1.94 bits per heavy atom. The Balaban J connectivity index is 1.50. The van der Waals surface area contributed by atoms with Crippen LogP contribution in [0.2, 0.25) is 0 Å². The second-order valence-electron chi connectivity index (χ2n) is 11.8. The van der Waals surface area contributed by atoms with Crippen molar-refractivity contribution in [3.63, 3.8) is 0 Å². The van der Waals surface area contributed by atoms with Gasteiger partial charge in [0.15, 0.2) is 0 Å². The zero-order valence-corrected chi connectivity index (χ0v) is 19.9. The number of nitroso groups, excluding NO2 is 1. The van der Waals surface area contributed by atoms with Gasteiger partial charge in [-0.15, -0.1) is 0 Å².